The molecule has 7 heteroatoms. The molecule has 0 atom stereocenters. The largest absolute Gasteiger partial charge is 0.440 e. The summed E-state index contributed by atoms with van der Waals surface area (Å²) in [4.78, 5) is 18.0. The third-order valence-electron chi connectivity index (χ3n) is 5.29. The Morgan fingerprint density at radius 1 is 1.00 bits per heavy atom. The first-order valence-electron chi connectivity index (χ1n) is 11.0. The van der Waals surface area contributed by atoms with Gasteiger partial charge in [0.25, 0.3) is 0 Å². The summed E-state index contributed by atoms with van der Waals surface area (Å²) in [6, 6.07) is 14.1. The van der Waals surface area contributed by atoms with Crippen LogP contribution in [0.5, 0.6) is 0 Å². The van der Waals surface area contributed by atoms with Gasteiger partial charge >= 0.3 is 6.03 Å². The number of carbonyl (C=O) groups is 1. The van der Waals surface area contributed by atoms with Gasteiger partial charge in [-0.1, -0.05) is 18.2 Å². The minimum absolute atomic E-state index is 0.0602. The highest BCUT2D eigenvalue weighted by atomic mass is 16.5. The minimum Gasteiger partial charge on any atom is -0.440 e. The number of rotatable bonds is 10. The first-order chi connectivity index (χ1) is 15.7. The number of aromatic nitrogens is 1. The number of ether oxygens (including phenoxy) is 2. The van der Waals surface area contributed by atoms with Crippen LogP contribution in [0.2, 0.25) is 0 Å². The normalized spacial score (nSPS) is 13.6. The average Bonchev–Trinajstić information content (AvgIpc) is 3.45. The van der Waals surface area contributed by atoms with E-state index in [1.165, 1.54) is 0 Å². The molecule has 0 radical (unpaired) electrons. The zero-order valence-electron chi connectivity index (χ0n) is 18.6. The molecule has 32 heavy (non-hydrogen) atoms. The van der Waals surface area contributed by atoms with E-state index in [1.807, 2.05) is 38.1 Å². The summed E-state index contributed by atoms with van der Waals surface area (Å²) in [7, 11) is 0. The lowest BCUT2D eigenvalue weighted by molar-refractivity contribution is 0.130. The van der Waals surface area contributed by atoms with Gasteiger partial charge in [-0.3, -0.25) is 4.90 Å². The van der Waals surface area contributed by atoms with Crippen LogP contribution >= 0.6 is 0 Å². The molecule has 0 bridgehead atoms. The summed E-state index contributed by atoms with van der Waals surface area (Å²) < 4.78 is 17.2. The molecule has 0 unspecified atom stereocenters. The van der Waals surface area contributed by atoms with Gasteiger partial charge in [-0.15, -0.1) is 0 Å². The standard InChI is InChI=1S/C25H29N3O4/c1-3-30-16-19-11-18(12-20(13-19)17-31-4-2)14-24-27-15-23(32-24)21-5-7-22(8-6-21)28-10-9-26-25(28)29/h5-8,11-13,15H,3-4,9-10,14,16-17H2,1-2H3,(H,26,29). The van der Waals surface area contributed by atoms with E-state index < -0.39 is 0 Å². The first-order valence-corrected chi connectivity index (χ1v) is 11.0. The number of urea groups is 1. The summed E-state index contributed by atoms with van der Waals surface area (Å²) in [6.45, 7) is 7.83. The van der Waals surface area contributed by atoms with Gasteiger partial charge in [-0.05, 0) is 54.8 Å². The van der Waals surface area contributed by atoms with Crippen molar-refractivity contribution >= 4 is 11.7 Å². The number of oxazole rings is 1. The van der Waals surface area contributed by atoms with Crippen LogP contribution in [0.15, 0.2) is 53.1 Å². The highest BCUT2D eigenvalue weighted by molar-refractivity contribution is 5.94. The molecule has 2 aromatic carbocycles. The molecule has 1 aliphatic rings. The molecule has 2 heterocycles. The van der Waals surface area contributed by atoms with Crippen LogP contribution < -0.4 is 10.2 Å². The number of nitrogens with zero attached hydrogens (tertiary/aromatic N) is 2. The van der Waals surface area contributed by atoms with Crippen molar-refractivity contribution in [2.45, 2.75) is 33.5 Å². The van der Waals surface area contributed by atoms with Gasteiger partial charge in [-0.2, -0.15) is 0 Å². The van der Waals surface area contributed by atoms with E-state index in [4.69, 9.17) is 13.9 Å². The van der Waals surface area contributed by atoms with Crippen LogP contribution in [-0.2, 0) is 29.1 Å². The number of hydrogen-bond acceptors (Lipinski definition) is 5. The van der Waals surface area contributed by atoms with Crippen LogP contribution in [0.4, 0.5) is 10.5 Å². The molecule has 1 aromatic heterocycles. The van der Waals surface area contributed by atoms with Gasteiger partial charge in [0, 0.05) is 44.0 Å². The van der Waals surface area contributed by atoms with E-state index >= 15 is 0 Å². The van der Waals surface area contributed by atoms with Crippen LogP contribution in [0.25, 0.3) is 11.3 Å². The molecule has 0 spiro atoms. The monoisotopic (exact) mass is 435 g/mol. The Labute approximate surface area is 188 Å². The second-order valence-corrected chi connectivity index (χ2v) is 7.66. The number of nitrogens with one attached hydrogen (secondary N) is 1. The van der Waals surface area contributed by atoms with E-state index in [1.54, 1.807) is 11.1 Å². The summed E-state index contributed by atoms with van der Waals surface area (Å²) >= 11 is 0. The SMILES string of the molecule is CCOCc1cc(COCC)cc(Cc2ncc(-c3ccc(N4CCNC4=O)cc3)o2)c1. The van der Waals surface area contributed by atoms with E-state index in [9.17, 15) is 4.79 Å². The maximum absolute atomic E-state index is 11.8. The topological polar surface area (TPSA) is 76.8 Å². The zero-order valence-corrected chi connectivity index (χ0v) is 18.6. The van der Waals surface area contributed by atoms with Gasteiger partial charge in [0.1, 0.15) is 0 Å². The molecule has 1 saturated heterocycles. The molecule has 168 valence electrons. The number of amides is 2. The van der Waals surface area contributed by atoms with E-state index in [0.717, 1.165) is 27.9 Å². The minimum atomic E-state index is -0.0602. The Bertz CT molecular complexity index is 1020. The van der Waals surface area contributed by atoms with Crippen molar-refractivity contribution in [3.05, 3.63) is 71.2 Å². The Balaban J connectivity index is 1.48. The van der Waals surface area contributed by atoms with Crippen molar-refractivity contribution in [1.29, 1.82) is 0 Å². The van der Waals surface area contributed by atoms with Gasteiger partial charge in [0.15, 0.2) is 11.7 Å². The Kier molecular flexibility index (Phi) is 7.19. The summed E-state index contributed by atoms with van der Waals surface area (Å²) in [6.07, 6.45) is 2.34. The van der Waals surface area contributed by atoms with Crippen molar-refractivity contribution < 1.29 is 18.7 Å². The molecular weight excluding hydrogens is 406 g/mol. The molecule has 7 nitrogen and oxygen atoms in total. The number of hydrogen-bond donors (Lipinski definition) is 1. The molecule has 0 aliphatic carbocycles. The summed E-state index contributed by atoms with van der Waals surface area (Å²) in [5, 5.41) is 2.81. The van der Waals surface area contributed by atoms with Gasteiger partial charge in [-0.25, -0.2) is 9.78 Å². The van der Waals surface area contributed by atoms with Crippen LogP contribution in [0, 0.1) is 0 Å². The van der Waals surface area contributed by atoms with Crippen LogP contribution in [0.3, 0.4) is 0 Å². The Hall–Kier alpha value is -3.16. The predicted molar refractivity (Wildman–Crippen MR) is 123 cm³/mol. The number of carbonyl (C=O) groups excluding carboxylic acids is 1. The molecular formula is C25H29N3O4. The van der Waals surface area contributed by atoms with Crippen molar-refractivity contribution in [2.24, 2.45) is 0 Å². The lowest BCUT2D eigenvalue weighted by atomic mass is 10.0. The lowest BCUT2D eigenvalue weighted by Gasteiger charge is -2.14. The Morgan fingerprint density at radius 2 is 1.66 bits per heavy atom. The van der Waals surface area contributed by atoms with E-state index in [-0.39, 0.29) is 6.03 Å². The van der Waals surface area contributed by atoms with Gasteiger partial charge < -0.3 is 19.2 Å². The second kappa shape index (κ2) is 10.4. The van der Waals surface area contributed by atoms with Gasteiger partial charge in [0.2, 0.25) is 0 Å². The molecule has 0 saturated carbocycles. The molecule has 3 aromatic rings. The quantitative estimate of drug-likeness (QED) is 0.506. The van der Waals surface area contributed by atoms with Crippen molar-refractivity contribution in [2.75, 3.05) is 31.2 Å². The highest BCUT2D eigenvalue weighted by Gasteiger charge is 2.21. The fraction of sp³-hybridized carbons (Fsp3) is 0.360. The van der Waals surface area contributed by atoms with Crippen LogP contribution in [-0.4, -0.2) is 37.3 Å². The molecule has 1 N–H and O–H groups in total. The number of benzene rings is 2. The molecule has 1 fully saturated rings. The van der Waals surface area contributed by atoms with Crippen LogP contribution in [0.1, 0.15) is 36.4 Å². The second-order valence-electron chi connectivity index (χ2n) is 7.66. The van der Waals surface area contributed by atoms with E-state index in [2.05, 4.69) is 28.5 Å². The first kappa shape index (κ1) is 22.0. The van der Waals surface area contributed by atoms with Gasteiger partial charge in [0.05, 0.1) is 19.4 Å². The smallest absolute Gasteiger partial charge is 0.321 e. The summed E-state index contributed by atoms with van der Waals surface area (Å²) in [5.41, 5.74) is 5.14. The number of anilines is 1. The average molecular weight is 436 g/mol. The fourth-order valence-corrected chi connectivity index (χ4v) is 3.77. The highest BCUT2D eigenvalue weighted by Crippen LogP contribution is 2.26. The van der Waals surface area contributed by atoms with Crippen molar-refractivity contribution in [3.63, 3.8) is 0 Å². The Morgan fingerprint density at radius 3 is 2.25 bits per heavy atom. The van der Waals surface area contributed by atoms with Crippen molar-refractivity contribution in [1.82, 2.24) is 10.3 Å². The third kappa shape index (κ3) is 5.36. The molecule has 1 aliphatic heterocycles. The molecule has 2 amide bonds. The zero-order chi connectivity index (χ0) is 22.3. The predicted octanol–water partition coefficient (Wildman–Crippen LogP) is 4.54. The fourth-order valence-electron chi connectivity index (χ4n) is 3.77. The van der Waals surface area contributed by atoms with E-state index in [0.29, 0.717) is 57.6 Å². The maximum atomic E-state index is 11.8. The van der Waals surface area contributed by atoms with Crippen molar-refractivity contribution in [3.8, 4) is 11.3 Å². The maximum Gasteiger partial charge on any atom is 0.321 e. The lowest BCUT2D eigenvalue weighted by Crippen LogP contribution is -2.27. The third-order valence-corrected chi connectivity index (χ3v) is 5.29. The molecule has 4 rings (SSSR count). The summed E-state index contributed by atoms with van der Waals surface area (Å²) in [5.74, 6) is 1.36.